The normalized spacial score (nSPS) is 16.2. The van der Waals surface area contributed by atoms with Crippen LogP contribution in [0.4, 0.5) is 0 Å². The number of likely N-dealkylation sites (N-methyl/N-ethyl adjacent to an activating group) is 1. The number of methoxy groups -OCH3 is 1. The molecule has 0 aromatic rings. The second-order valence-corrected chi connectivity index (χ2v) is 3.82. The number of rotatable bonds is 7. The van der Waals surface area contributed by atoms with Crippen LogP contribution in [0.2, 0.25) is 0 Å². The van der Waals surface area contributed by atoms with Crippen LogP contribution in [0.5, 0.6) is 0 Å². The highest BCUT2D eigenvalue weighted by Crippen LogP contribution is 2.15. The molecule has 0 heterocycles. The van der Waals surface area contributed by atoms with Gasteiger partial charge in [-0.05, 0) is 26.8 Å². The first-order valence-electron chi connectivity index (χ1n) is 5.01. The zero-order chi connectivity index (χ0) is 10.3. The fourth-order valence-electron chi connectivity index (χ4n) is 1.29. The molecule has 1 atom stereocenters. The van der Waals surface area contributed by atoms with Gasteiger partial charge in [0.05, 0.1) is 0 Å². The molecule has 3 heteroatoms. The molecule has 0 aromatic heterocycles. The van der Waals surface area contributed by atoms with Gasteiger partial charge in [0, 0.05) is 32.3 Å². The van der Waals surface area contributed by atoms with Crippen LogP contribution in [0.15, 0.2) is 0 Å². The molecule has 2 N–H and O–H groups in total. The van der Waals surface area contributed by atoms with Crippen molar-refractivity contribution in [3.05, 3.63) is 0 Å². The monoisotopic (exact) mass is 188 g/mol. The van der Waals surface area contributed by atoms with E-state index in [1.165, 1.54) is 0 Å². The van der Waals surface area contributed by atoms with Crippen molar-refractivity contribution in [2.75, 3.05) is 33.9 Å². The fraction of sp³-hybridized carbons (Fsp3) is 1.00. The molecule has 0 saturated heterocycles. The number of ether oxygens (including phenoxy) is 1. The van der Waals surface area contributed by atoms with Crippen LogP contribution in [0, 0.1) is 0 Å². The summed E-state index contributed by atoms with van der Waals surface area (Å²) in [5.74, 6) is 0. The Morgan fingerprint density at radius 3 is 2.46 bits per heavy atom. The highest BCUT2D eigenvalue weighted by molar-refractivity contribution is 4.83. The zero-order valence-electron chi connectivity index (χ0n) is 9.47. The van der Waals surface area contributed by atoms with Crippen LogP contribution in [0.1, 0.15) is 26.7 Å². The van der Waals surface area contributed by atoms with Crippen molar-refractivity contribution < 1.29 is 4.74 Å². The minimum Gasteiger partial charge on any atom is -0.385 e. The van der Waals surface area contributed by atoms with Crippen molar-refractivity contribution in [3.8, 4) is 0 Å². The third-order valence-corrected chi connectivity index (χ3v) is 2.96. The van der Waals surface area contributed by atoms with E-state index in [0.29, 0.717) is 6.54 Å². The van der Waals surface area contributed by atoms with Gasteiger partial charge in [0.15, 0.2) is 0 Å². The molecule has 0 aliphatic heterocycles. The number of hydrogen-bond acceptors (Lipinski definition) is 3. The molecule has 13 heavy (non-hydrogen) atoms. The lowest BCUT2D eigenvalue weighted by Crippen LogP contribution is -2.49. The van der Waals surface area contributed by atoms with Gasteiger partial charge in [-0.2, -0.15) is 0 Å². The van der Waals surface area contributed by atoms with Crippen molar-refractivity contribution in [3.63, 3.8) is 0 Å². The molecule has 0 radical (unpaired) electrons. The Kier molecular flexibility index (Phi) is 6.29. The molecule has 0 spiro atoms. The maximum absolute atomic E-state index is 5.75. The largest absolute Gasteiger partial charge is 0.385 e. The third kappa shape index (κ3) is 4.07. The molecule has 0 aliphatic carbocycles. The molecule has 0 rings (SSSR count). The van der Waals surface area contributed by atoms with Crippen LogP contribution < -0.4 is 5.73 Å². The van der Waals surface area contributed by atoms with E-state index in [-0.39, 0.29) is 5.54 Å². The van der Waals surface area contributed by atoms with Crippen molar-refractivity contribution in [1.82, 2.24) is 4.90 Å². The second kappa shape index (κ2) is 6.35. The minimum absolute atomic E-state index is 0.147. The second-order valence-electron chi connectivity index (χ2n) is 3.82. The van der Waals surface area contributed by atoms with E-state index in [4.69, 9.17) is 10.5 Å². The highest BCUT2D eigenvalue weighted by atomic mass is 16.5. The predicted molar refractivity (Wildman–Crippen MR) is 56.9 cm³/mol. The number of nitrogens with zero attached hydrogens (tertiary/aromatic N) is 1. The molecular formula is C10H24N2O. The van der Waals surface area contributed by atoms with Crippen molar-refractivity contribution in [1.29, 1.82) is 0 Å². The predicted octanol–water partition coefficient (Wildman–Crippen LogP) is 1.08. The van der Waals surface area contributed by atoms with E-state index in [2.05, 4.69) is 25.8 Å². The maximum Gasteiger partial charge on any atom is 0.0474 e. The Hall–Kier alpha value is -0.120. The molecule has 1 unspecified atom stereocenters. The molecule has 0 fully saturated rings. The summed E-state index contributed by atoms with van der Waals surface area (Å²) < 4.78 is 5.01. The molecule has 0 bridgehead atoms. The van der Waals surface area contributed by atoms with Gasteiger partial charge in [0.1, 0.15) is 0 Å². The van der Waals surface area contributed by atoms with Gasteiger partial charge in [-0.25, -0.2) is 0 Å². The smallest absolute Gasteiger partial charge is 0.0474 e. The van der Waals surface area contributed by atoms with Crippen LogP contribution in [0.25, 0.3) is 0 Å². The van der Waals surface area contributed by atoms with Gasteiger partial charge in [0.25, 0.3) is 0 Å². The summed E-state index contributed by atoms with van der Waals surface area (Å²) in [5.41, 5.74) is 5.90. The zero-order valence-corrected chi connectivity index (χ0v) is 9.47. The van der Waals surface area contributed by atoms with E-state index in [1.807, 2.05) is 0 Å². The summed E-state index contributed by atoms with van der Waals surface area (Å²) in [4.78, 5) is 2.33. The number of nitrogens with two attached hydrogens (primary N) is 1. The molecule has 0 amide bonds. The van der Waals surface area contributed by atoms with E-state index in [0.717, 1.165) is 26.0 Å². The van der Waals surface area contributed by atoms with E-state index in [1.54, 1.807) is 7.11 Å². The maximum atomic E-state index is 5.75. The van der Waals surface area contributed by atoms with Crippen molar-refractivity contribution >= 4 is 0 Å². The summed E-state index contributed by atoms with van der Waals surface area (Å²) in [6.45, 7) is 6.98. The first-order valence-corrected chi connectivity index (χ1v) is 5.01. The average molecular weight is 188 g/mol. The quantitative estimate of drug-likeness (QED) is 0.608. The summed E-state index contributed by atoms with van der Waals surface area (Å²) in [6, 6.07) is 0. The van der Waals surface area contributed by atoms with Crippen molar-refractivity contribution in [2.24, 2.45) is 5.73 Å². The summed E-state index contributed by atoms with van der Waals surface area (Å²) in [6.07, 6.45) is 2.16. The molecule has 3 nitrogen and oxygen atoms in total. The Bertz CT molecular complexity index is 124. The van der Waals surface area contributed by atoms with Crippen LogP contribution in [-0.4, -0.2) is 44.3 Å². The lowest BCUT2D eigenvalue weighted by molar-refractivity contribution is 0.117. The summed E-state index contributed by atoms with van der Waals surface area (Å²) in [7, 11) is 3.87. The van der Waals surface area contributed by atoms with Crippen LogP contribution in [0.3, 0.4) is 0 Å². The van der Waals surface area contributed by atoms with Gasteiger partial charge in [-0.15, -0.1) is 0 Å². The average Bonchev–Trinajstić information content (AvgIpc) is 2.17. The molecule has 0 aromatic carbocycles. The topological polar surface area (TPSA) is 38.5 Å². The van der Waals surface area contributed by atoms with Gasteiger partial charge in [-0.3, -0.25) is 4.90 Å². The Labute approximate surface area is 82.2 Å². The van der Waals surface area contributed by atoms with E-state index < -0.39 is 0 Å². The first-order chi connectivity index (χ1) is 6.10. The molecule has 80 valence electrons. The Balaban J connectivity index is 3.84. The van der Waals surface area contributed by atoms with Gasteiger partial charge < -0.3 is 10.5 Å². The van der Waals surface area contributed by atoms with Gasteiger partial charge >= 0.3 is 0 Å². The lowest BCUT2D eigenvalue weighted by Gasteiger charge is -2.37. The molecule has 0 saturated carbocycles. The lowest BCUT2D eigenvalue weighted by atomic mass is 9.97. The van der Waals surface area contributed by atoms with E-state index >= 15 is 0 Å². The Morgan fingerprint density at radius 2 is 2.08 bits per heavy atom. The van der Waals surface area contributed by atoms with E-state index in [9.17, 15) is 0 Å². The molecule has 0 aliphatic rings. The van der Waals surface area contributed by atoms with Crippen LogP contribution >= 0.6 is 0 Å². The summed E-state index contributed by atoms with van der Waals surface area (Å²) >= 11 is 0. The number of hydrogen-bond donors (Lipinski definition) is 1. The van der Waals surface area contributed by atoms with Gasteiger partial charge in [-0.1, -0.05) is 6.92 Å². The SMILES string of the molecule is CCC(C)(CN)N(C)CCCOC. The summed E-state index contributed by atoms with van der Waals surface area (Å²) in [5, 5.41) is 0. The Morgan fingerprint density at radius 1 is 1.46 bits per heavy atom. The minimum atomic E-state index is 0.147. The van der Waals surface area contributed by atoms with Crippen LogP contribution in [-0.2, 0) is 4.74 Å². The standard InChI is InChI=1S/C10H24N2O/c1-5-10(2,9-11)12(3)7-6-8-13-4/h5-9,11H2,1-4H3. The molecular weight excluding hydrogens is 164 g/mol. The first kappa shape index (κ1) is 12.9. The van der Waals surface area contributed by atoms with Gasteiger partial charge in [0.2, 0.25) is 0 Å². The highest BCUT2D eigenvalue weighted by Gasteiger charge is 2.24. The third-order valence-electron chi connectivity index (χ3n) is 2.96. The fourth-order valence-corrected chi connectivity index (χ4v) is 1.29. The van der Waals surface area contributed by atoms with Crippen molar-refractivity contribution in [2.45, 2.75) is 32.2 Å².